The molecule has 1 aromatic carbocycles. The molecule has 1 amide bonds. The summed E-state index contributed by atoms with van der Waals surface area (Å²) in [4.78, 5) is 27.2. The number of rotatable bonds is 6. The summed E-state index contributed by atoms with van der Waals surface area (Å²) in [6.07, 6.45) is 0. The first-order valence-corrected chi connectivity index (χ1v) is 9.70. The van der Waals surface area contributed by atoms with Crippen molar-refractivity contribution in [2.75, 3.05) is 51.3 Å². The number of morpholine rings is 1. The maximum absolute atomic E-state index is 12.8. The molecule has 1 unspecified atom stereocenters. The fourth-order valence-corrected chi connectivity index (χ4v) is 4.27. The lowest BCUT2D eigenvalue weighted by atomic mass is 10.2. The van der Waals surface area contributed by atoms with Crippen LogP contribution in [0.2, 0.25) is 0 Å². The number of esters is 1. The van der Waals surface area contributed by atoms with Crippen molar-refractivity contribution in [3.63, 3.8) is 0 Å². The normalized spacial score (nSPS) is 23.2. The fraction of sp³-hybridized carbons (Fsp3) is 0.556. The van der Waals surface area contributed by atoms with Gasteiger partial charge in [0.05, 0.1) is 25.5 Å². The van der Waals surface area contributed by atoms with Gasteiger partial charge in [-0.3, -0.25) is 15.0 Å². The van der Waals surface area contributed by atoms with E-state index in [1.807, 2.05) is 25.1 Å². The molecular weight excluding hydrogens is 354 g/mol. The molecule has 2 aliphatic heterocycles. The van der Waals surface area contributed by atoms with Gasteiger partial charge in [0, 0.05) is 31.1 Å². The number of nitrogens with zero attached hydrogens (tertiary/aromatic N) is 1. The van der Waals surface area contributed by atoms with Crippen LogP contribution in [0, 0.1) is 6.92 Å². The first-order valence-electron chi connectivity index (χ1n) is 8.88. The third kappa shape index (κ3) is 4.03. The molecule has 0 saturated carbocycles. The lowest BCUT2D eigenvalue weighted by Gasteiger charge is -2.35. The minimum Gasteiger partial charge on any atom is -0.464 e. The Balaban J connectivity index is 1.77. The molecule has 1 saturated heterocycles. The van der Waals surface area contributed by atoms with E-state index in [4.69, 9.17) is 9.47 Å². The number of hydrogen-bond acceptors (Lipinski definition) is 7. The molecule has 0 aliphatic carbocycles. The standard InChI is InChI=1S/C18H25N3O4S/c1-3-25-17(23)18(19-6-7-21-8-10-24-11-9-21)16(22)20-14-5-4-13(2)12-15(14)26-18/h4-5,12,19H,3,6-11H2,1-2H3,(H,20,22). The minimum absolute atomic E-state index is 0.222. The zero-order valence-corrected chi connectivity index (χ0v) is 16.0. The second-order valence-corrected chi connectivity index (χ2v) is 7.59. The molecule has 0 spiro atoms. The number of fused-ring (bicyclic) bond motifs is 1. The van der Waals surface area contributed by atoms with Gasteiger partial charge in [-0.05, 0) is 31.5 Å². The van der Waals surface area contributed by atoms with Gasteiger partial charge in [-0.25, -0.2) is 4.79 Å². The number of amides is 1. The highest BCUT2D eigenvalue weighted by molar-refractivity contribution is 8.02. The summed E-state index contributed by atoms with van der Waals surface area (Å²) in [5.74, 6) is -0.948. The van der Waals surface area contributed by atoms with Gasteiger partial charge >= 0.3 is 5.97 Å². The van der Waals surface area contributed by atoms with E-state index in [1.54, 1.807) is 6.92 Å². The summed E-state index contributed by atoms with van der Waals surface area (Å²) < 4.78 is 10.6. The predicted molar refractivity (Wildman–Crippen MR) is 100 cm³/mol. The number of thioether (sulfide) groups is 1. The van der Waals surface area contributed by atoms with Crippen molar-refractivity contribution in [2.24, 2.45) is 0 Å². The highest BCUT2D eigenvalue weighted by Gasteiger charge is 2.51. The van der Waals surface area contributed by atoms with Crippen LogP contribution in [0.3, 0.4) is 0 Å². The maximum atomic E-state index is 12.8. The van der Waals surface area contributed by atoms with Crippen molar-refractivity contribution >= 4 is 29.3 Å². The molecule has 7 nitrogen and oxygen atoms in total. The van der Waals surface area contributed by atoms with Crippen molar-refractivity contribution in [1.82, 2.24) is 10.2 Å². The van der Waals surface area contributed by atoms with Crippen LogP contribution in [0.15, 0.2) is 23.1 Å². The first-order chi connectivity index (χ1) is 12.5. The molecular formula is C18H25N3O4S. The number of aryl methyl sites for hydroxylation is 1. The van der Waals surface area contributed by atoms with Crippen molar-refractivity contribution in [2.45, 2.75) is 23.6 Å². The monoisotopic (exact) mass is 379 g/mol. The molecule has 2 aliphatic rings. The second-order valence-electron chi connectivity index (χ2n) is 6.34. The van der Waals surface area contributed by atoms with E-state index in [2.05, 4.69) is 15.5 Å². The summed E-state index contributed by atoms with van der Waals surface area (Å²) in [5, 5.41) is 6.02. The van der Waals surface area contributed by atoms with E-state index in [1.165, 1.54) is 11.8 Å². The third-order valence-corrected chi connectivity index (χ3v) is 5.80. The van der Waals surface area contributed by atoms with Crippen LogP contribution in [0.5, 0.6) is 0 Å². The molecule has 0 bridgehead atoms. The number of hydrogen-bond donors (Lipinski definition) is 2. The van der Waals surface area contributed by atoms with Crippen LogP contribution < -0.4 is 10.6 Å². The average Bonchev–Trinajstić information content (AvgIpc) is 2.63. The van der Waals surface area contributed by atoms with Gasteiger partial charge < -0.3 is 14.8 Å². The zero-order valence-electron chi connectivity index (χ0n) is 15.2. The van der Waals surface area contributed by atoms with Crippen LogP contribution in [0.4, 0.5) is 5.69 Å². The van der Waals surface area contributed by atoms with Crippen molar-refractivity contribution in [1.29, 1.82) is 0 Å². The molecule has 26 heavy (non-hydrogen) atoms. The molecule has 1 aromatic rings. The lowest BCUT2D eigenvalue weighted by Crippen LogP contribution is -2.61. The predicted octanol–water partition coefficient (Wildman–Crippen LogP) is 1.22. The molecule has 142 valence electrons. The van der Waals surface area contributed by atoms with Gasteiger partial charge in [-0.1, -0.05) is 17.8 Å². The Labute approximate surface area is 157 Å². The Morgan fingerprint density at radius 3 is 2.92 bits per heavy atom. The highest BCUT2D eigenvalue weighted by Crippen LogP contribution is 2.42. The molecule has 2 N–H and O–H groups in total. The van der Waals surface area contributed by atoms with Gasteiger partial charge in [-0.15, -0.1) is 0 Å². The Bertz CT molecular complexity index is 678. The highest BCUT2D eigenvalue weighted by atomic mass is 32.2. The minimum atomic E-state index is -1.47. The topological polar surface area (TPSA) is 79.9 Å². The summed E-state index contributed by atoms with van der Waals surface area (Å²) in [5.41, 5.74) is 1.79. The quantitative estimate of drug-likeness (QED) is 0.568. The Kier molecular flexibility index (Phi) is 6.18. The summed E-state index contributed by atoms with van der Waals surface area (Å²) in [7, 11) is 0. The molecule has 3 rings (SSSR count). The van der Waals surface area contributed by atoms with E-state index in [9.17, 15) is 9.59 Å². The Morgan fingerprint density at radius 2 is 2.19 bits per heavy atom. The smallest absolute Gasteiger partial charge is 0.347 e. The SMILES string of the molecule is CCOC(=O)C1(NCCN2CCOCC2)Sc2cc(C)ccc2NC1=O. The second kappa shape index (κ2) is 8.39. The van der Waals surface area contributed by atoms with Crippen LogP contribution in [0.25, 0.3) is 0 Å². The molecule has 0 radical (unpaired) electrons. The van der Waals surface area contributed by atoms with E-state index in [0.717, 1.165) is 35.8 Å². The molecule has 8 heteroatoms. The first kappa shape index (κ1) is 19.2. The van der Waals surface area contributed by atoms with Crippen molar-refractivity contribution < 1.29 is 19.1 Å². The fourth-order valence-electron chi connectivity index (χ4n) is 3.01. The largest absolute Gasteiger partial charge is 0.464 e. The number of carbonyl (C=O) groups excluding carboxylic acids is 2. The lowest BCUT2D eigenvalue weighted by molar-refractivity contribution is -0.150. The average molecular weight is 379 g/mol. The number of anilines is 1. The number of nitrogens with one attached hydrogen (secondary N) is 2. The van der Waals surface area contributed by atoms with Gasteiger partial charge in [0.1, 0.15) is 0 Å². The summed E-state index contributed by atoms with van der Waals surface area (Å²) >= 11 is 1.22. The van der Waals surface area contributed by atoms with Gasteiger partial charge in [0.15, 0.2) is 0 Å². The van der Waals surface area contributed by atoms with E-state index in [-0.39, 0.29) is 12.5 Å². The van der Waals surface area contributed by atoms with E-state index < -0.39 is 10.8 Å². The number of carbonyl (C=O) groups is 2. The zero-order chi connectivity index (χ0) is 18.6. The van der Waals surface area contributed by atoms with Crippen LogP contribution in [-0.4, -0.2) is 67.6 Å². The van der Waals surface area contributed by atoms with E-state index in [0.29, 0.717) is 19.8 Å². The van der Waals surface area contributed by atoms with Crippen LogP contribution in [-0.2, 0) is 19.1 Å². The molecule has 2 heterocycles. The molecule has 0 aromatic heterocycles. The van der Waals surface area contributed by atoms with Gasteiger partial charge in [0.25, 0.3) is 5.91 Å². The Morgan fingerprint density at radius 1 is 1.42 bits per heavy atom. The van der Waals surface area contributed by atoms with E-state index >= 15 is 0 Å². The van der Waals surface area contributed by atoms with Crippen molar-refractivity contribution in [3.05, 3.63) is 23.8 Å². The summed E-state index contributed by atoms with van der Waals surface area (Å²) in [6.45, 7) is 8.32. The summed E-state index contributed by atoms with van der Waals surface area (Å²) in [6, 6.07) is 5.76. The maximum Gasteiger partial charge on any atom is 0.347 e. The molecule has 1 atom stereocenters. The number of benzene rings is 1. The Hall–Kier alpha value is -1.61. The van der Waals surface area contributed by atoms with Crippen LogP contribution in [0.1, 0.15) is 12.5 Å². The van der Waals surface area contributed by atoms with Gasteiger partial charge in [0.2, 0.25) is 4.87 Å². The van der Waals surface area contributed by atoms with Crippen LogP contribution >= 0.6 is 11.8 Å². The van der Waals surface area contributed by atoms with Gasteiger partial charge in [-0.2, -0.15) is 0 Å². The number of ether oxygens (including phenoxy) is 2. The molecule has 1 fully saturated rings. The van der Waals surface area contributed by atoms with Crippen molar-refractivity contribution in [3.8, 4) is 0 Å². The third-order valence-electron chi connectivity index (χ3n) is 4.44.